The molecule has 0 fully saturated rings. The summed E-state index contributed by atoms with van der Waals surface area (Å²) in [6.07, 6.45) is -2.59. The lowest BCUT2D eigenvalue weighted by atomic mass is 10.2. The van der Waals surface area contributed by atoms with Crippen LogP contribution in [0.25, 0.3) is 0 Å². The number of benzene rings is 2. The molecule has 0 aliphatic carbocycles. The summed E-state index contributed by atoms with van der Waals surface area (Å²) in [5, 5.41) is 8.50. The lowest BCUT2D eigenvalue weighted by Crippen LogP contribution is -2.38. The Hall–Kier alpha value is -3.60. The Balaban J connectivity index is 1.88. The average Bonchev–Trinajstić information content (AvgIpc) is 2.76. The molecule has 8 nitrogen and oxygen atoms in total. The Labute approximate surface area is 192 Å². The quantitative estimate of drug-likeness (QED) is 0.303. The van der Waals surface area contributed by atoms with Gasteiger partial charge in [0.15, 0.2) is 6.61 Å². The molecule has 33 heavy (non-hydrogen) atoms. The van der Waals surface area contributed by atoms with Crippen LogP contribution in [0.15, 0.2) is 47.6 Å². The molecule has 0 atom stereocenters. The monoisotopic (exact) mass is 484 g/mol. The Kier molecular flexibility index (Phi) is 9.22. The first-order valence-electron chi connectivity index (χ1n) is 9.61. The van der Waals surface area contributed by atoms with Crippen LogP contribution in [-0.4, -0.2) is 37.1 Å². The highest BCUT2D eigenvalue weighted by atomic mass is 35.5. The number of carbonyl (C=O) groups excluding carboxylic acids is 3. The van der Waals surface area contributed by atoms with Crippen LogP contribution in [0.5, 0.6) is 5.75 Å². The van der Waals surface area contributed by atoms with Gasteiger partial charge in [-0.1, -0.05) is 24.6 Å². The predicted octanol–water partition coefficient (Wildman–Crippen LogP) is 3.35. The minimum absolute atomic E-state index is 0.0264. The Morgan fingerprint density at radius 3 is 2.55 bits per heavy atom. The van der Waals surface area contributed by atoms with Crippen molar-refractivity contribution in [2.24, 2.45) is 5.10 Å². The summed E-state index contributed by atoms with van der Waals surface area (Å²) in [7, 11) is 0. The maximum atomic E-state index is 12.7. The third-order valence-corrected chi connectivity index (χ3v) is 4.21. The van der Waals surface area contributed by atoms with Crippen molar-refractivity contribution in [2.75, 3.05) is 18.5 Å². The van der Waals surface area contributed by atoms with Crippen LogP contribution in [0.4, 0.5) is 18.9 Å². The third-order valence-electron chi connectivity index (χ3n) is 3.91. The standard InChI is InChI=1S/C21H20ClF3N4O4/c1-2-8-26-19(31)20(32)29-27-11-13-6-7-17(16(22)9-13)33-12-18(30)28-15-5-3-4-14(10-15)21(23,24)25/h3-7,9-11H,2,8,12H2,1H3,(H,26,31)(H,28,30)(H,29,32)/b27-11-. The molecule has 12 heteroatoms. The molecular weight excluding hydrogens is 465 g/mol. The van der Waals surface area contributed by atoms with E-state index in [0.29, 0.717) is 18.5 Å². The van der Waals surface area contributed by atoms with Crippen LogP contribution in [0.2, 0.25) is 5.02 Å². The van der Waals surface area contributed by atoms with E-state index in [2.05, 4.69) is 21.2 Å². The molecular formula is C21H20ClF3N4O4. The number of hydrogen-bond acceptors (Lipinski definition) is 5. The van der Waals surface area contributed by atoms with Crippen molar-refractivity contribution in [2.45, 2.75) is 19.5 Å². The highest BCUT2D eigenvalue weighted by Crippen LogP contribution is 2.30. The summed E-state index contributed by atoms with van der Waals surface area (Å²) in [6, 6.07) is 8.61. The fourth-order valence-corrected chi connectivity index (χ4v) is 2.61. The van der Waals surface area contributed by atoms with E-state index in [4.69, 9.17) is 16.3 Å². The number of nitrogens with zero attached hydrogens (tertiary/aromatic N) is 1. The number of hydrogen-bond donors (Lipinski definition) is 3. The van der Waals surface area contributed by atoms with Crippen molar-refractivity contribution in [3.63, 3.8) is 0 Å². The van der Waals surface area contributed by atoms with Crippen molar-refractivity contribution >= 4 is 41.2 Å². The fourth-order valence-electron chi connectivity index (χ4n) is 2.36. The van der Waals surface area contributed by atoms with Crippen LogP contribution < -0.4 is 20.8 Å². The van der Waals surface area contributed by atoms with Gasteiger partial charge < -0.3 is 15.4 Å². The van der Waals surface area contributed by atoms with Gasteiger partial charge in [0.1, 0.15) is 5.75 Å². The maximum Gasteiger partial charge on any atom is 0.416 e. The van der Waals surface area contributed by atoms with Gasteiger partial charge in [-0.2, -0.15) is 18.3 Å². The second-order valence-electron chi connectivity index (χ2n) is 6.56. The smallest absolute Gasteiger partial charge is 0.416 e. The first-order valence-corrected chi connectivity index (χ1v) is 9.98. The molecule has 0 radical (unpaired) electrons. The van der Waals surface area contributed by atoms with Gasteiger partial charge in [-0.25, -0.2) is 5.43 Å². The zero-order valence-corrected chi connectivity index (χ0v) is 18.1. The molecule has 0 bridgehead atoms. The molecule has 0 aliphatic rings. The molecule has 0 aliphatic heterocycles. The van der Waals surface area contributed by atoms with E-state index >= 15 is 0 Å². The maximum absolute atomic E-state index is 12.7. The Bertz CT molecular complexity index is 1040. The van der Waals surface area contributed by atoms with Crippen LogP contribution in [-0.2, 0) is 20.6 Å². The van der Waals surface area contributed by atoms with E-state index in [0.717, 1.165) is 12.1 Å². The first-order chi connectivity index (χ1) is 15.6. The molecule has 3 amide bonds. The van der Waals surface area contributed by atoms with Crippen molar-refractivity contribution in [1.29, 1.82) is 0 Å². The van der Waals surface area contributed by atoms with E-state index in [9.17, 15) is 27.6 Å². The normalized spacial score (nSPS) is 11.2. The minimum atomic E-state index is -4.53. The fraction of sp³-hybridized carbons (Fsp3) is 0.238. The third kappa shape index (κ3) is 8.45. The molecule has 176 valence electrons. The summed E-state index contributed by atoms with van der Waals surface area (Å²) in [4.78, 5) is 35.0. The van der Waals surface area contributed by atoms with Gasteiger partial charge in [0.2, 0.25) is 0 Å². The van der Waals surface area contributed by atoms with Crippen LogP contribution in [0.3, 0.4) is 0 Å². The van der Waals surface area contributed by atoms with Crippen molar-refractivity contribution < 1.29 is 32.3 Å². The van der Waals surface area contributed by atoms with Crippen LogP contribution >= 0.6 is 11.6 Å². The highest BCUT2D eigenvalue weighted by molar-refractivity contribution is 6.35. The van der Waals surface area contributed by atoms with E-state index in [-0.39, 0.29) is 16.5 Å². The summed E-state index contributed by atoms with van der Waals surface area (Å²) >= 11 is 6.10. The number of ether oxygens (including phenoxy) is 1. The first kappa shape index (κ1) is 25.7. The molecule has 0 heterocycles. The lowest BCUT2D eigenvalue weighted by Gasteiger charge is -2.11. The molecule has 0 saturated heterocycles. The number of rotatable bonds is 8. The number of carbonyl (C=O) groups is 3. The summed E-state index contributed by atoms with van der Waals surface area (Å²) in [5.74, 6) is -2.26. The molecule has 2 rings (SSSR count). The van der Waals surface area contributed by atoms with Gasteiger partial charge in [-0.15, -0.1) is 0 Å². The largest absolute Gasteiger partial charge is 0.482 e. The van der Waals surface area contributed by atoms with E-state index in [1.54, 1.807) is 0 Å². The molecule has 0 saturated carbocycles. The van der Waals surface area contributed by atoms with E-state index in [1.165, 1.54) is 36.5 Å². The summed E-state index contributed by atoms with van der Waals surface area (Å²) in [6.45, 7) is 1.72. The van der Waals surface area contributed by atoms with Crippen molar-refractivity contribution in [3.05, 3.63) is 58.6 Å². The van der Waals surface area contributed by atoms with Crippen molar-refractivity contribution in [3.8, 4) is 5.75 Å². The Morgan fingerprint density at radius 2 is 1.88 bits per heavy atom. The van der Waals surface area contributed by atoms with Gasteiger partial charge in [-0.3, -0.25) is 14.4 Å². The number of halogens is 4. The van der Waals surface area contributed by atoms with Gasteiger partial charge in [0, 0.05) is 12.2 Å². The second-order valence-corrected chi connectivity index (χ2v) is 6.97. The topological polar surface area (TPSA) is 109 Å². The molecule has 2 aromatic rings. The van der Waals surface area contributed by atoms with Gasteiger partial charge in [0.05, 0.1) is 16.8 Å². The minimum Gasteiger partial charge on any atom is -0.482 e. The number of anilines is 1. The lowest BCUT2D eigenvalue weighted by molar-refractivity contribution is -0.139. The van der Waals surface area contributed by atoms with Crippen molar-refractivity contribution in [1.82, 2.24) is 10.7 Å². The number of nitrogens with one attached hydrogen (secondary N) is 3. The number of hydrazone groups is 1. The molecule has 0 spiro atoms. The zero-order valence-electron chi connectivity index (χ0n) is 17.3. The zero-order chi connectivity index (χ0) is 24.4. The van der Waals surface area contributed by atoms with E-state index < -0.39 is 36.1 Å². The van der Waals surface area contributed by atoms with Gasteiger partial charge >= 0.3 is 18.0 Å². The SMILES string of the molecule is CCCNC(=O)C(=O)N/N=C\c1ccc(OCC(=O)Nc2cccc(C(F)(F)F)c2)c(Cl)c1. The number of amides is 3. The number of alkyl halides is 3. The van der Waals surface area contributed by atoms with Crippen LogP contribution in [0, 0.1) is 0 Å². The van der Waals surface area contributed by atoms with Gasteiger partial charge in [0.25, 0.3) is 5.91 Å². The van der Waals surface area contributed by atoms with Crippen LogP contribution in [0.1, 0.15) is 24.5 Å². The molecule has 0 unspecified atom stereocenters. The predicted molar refractivity (Wildman–Crippen MR) is 116 cm³/mol. The average molecular weight is 485 g/mol. The highest BCUT2D eigenvalue weighted by Gasteiger charge is 2.30. The summed E-state index contributed by atoms with van der Waals surface area (Å²) < 4.78 is 43.5. The van der Waals surface area contributed by atoms with E-state index in [1.807, 2.05) is 6.92 Å². The molecule has 3 N–H and O–H groups in total. The Morgan fingerprint density at radius 1 is 1.12 bits per heavy atom. The molecule has 0 aromatic heterocycles. The second kappa shape index (κ2) is 11.9. The summed E-state index contributed by atoms with van der Waals surface area (Å²) in [5.41, 5.74) is 1.62. The van der Waals surface area contributed by atoms with Gasteiger partial charge in [-0.05, 0) is 48.4 Å². The molecule has 2 aromatic carbocycles.